The average Bonchev–Trinajstić information content (AvgIpc) is 2.55. The topological polar surface area (TPSA) is 100 Å². The summed E-state index contributed by atoms with van der Waals surface area (Å²) in [4.78, 5) is 41.6. The maximum Gasteiger partial charge on any atom is 0.323 e. The van der Waals surface area contributed by atoms with Crippen molar-refractivity contribution in [2.24, 2.45) is 0 Å². The molecule has 24 heavy (non-hydrogen) atoms. The zero-order valence-electron chi connectivity index (χ0n) is 13.6. The van der Waals surface area contributed by atoms with Gasteiger partial charge in [0, 0.05) is 39.0 Å². The molecule has 2 heterocycles. The molecule has 0 spiro atoms. The third kappa shape index (κ3) is 5.31. The summed E-state index contributed by atoms with van der Waals surface area (Å²) in [6.45, 7) is 2.27. The van der Waals surface area contributed by atoms with Crippen molar-refractivity contribution in [3.8, 4) is 0 Å². The number of morpholine rings is 1. The van der Waals surface area contributed by atoms with Crippen LogP contribution in [-0.2, 0) is 25.5 Å². The Morgan fingerprint density at radius 3 is 2.88 bits per heavy atom. The molecule has 1 aromatic rings. The van der Waals surface area contributed by atoms with Gasteiger partial charge in [0.05, 0.1) is 19.1 Å². The number of aliphatic carboxylic acids is 1. The normalized spacial score (nSPS) is 17.4. The van der Waals surface area contributed by atoms with Crippen molar-refractivity contribution in [3.05, 3.63) is 30.1 Å². The lowest BCUT2D eigenvalue weighted by Crippen LogP contribution is -2.51. The van der Waals surface area contributed by atoms with E-state index in [4.69, 9.17) is 9.84 Å². The first kappa shape index (κ1) is 17.9. The van der Waals surface area contributed by atoms with E-state index in [1.165, 1.54) is 11.8 Å². The highest BCUT2D eigenvalue weighted by Crippen LogP contribution is 2.10. The van der Waals surface area contributed by atoms with Gasteiger partial charge in [-0.1, -0.05) is 6.07 Å². The Labute approximate surface area is 140 Å². The van der Waals surface area contributed by atoms with Crippen LogP contribution in [0, 0.1) is 0 Å². The Morgan fingerprint density at radius 2 is 2.25 bits per heavy atom. The number of carbonyl (C=O) groups is 3. The van der Waals surface area contributed by atoms with Gasteiger partial charge in [-0.05, 0) is 11.6 Å². The number of nitrogens with zero attached hydrogens (tertiary/aromatic N) is 3. The van der Waals surface area contributed by atoms with E-state index < -0.39 is 5.97 Å². The highest BCUT2D eigenvalue weighted by Gasteiger charge is 2.27. The predicted molar refractivity (Wildman–Crippen MR) is 84.2 cm³/mol. The van der Waals surface area contributed by atoms with E-state index in [9.17, 15) is 14.4 Å². The van der Waals surface area contributed by atoms with Crippen LogP contribution in [0.25, 0.3) is 0 Å². The standard InChI is InChI=1S/C16H21N3O5/c1-12(20)19(11-16(22)23)10-14-9-18(5-6-24-14)15(21)7-13-3-2-4-17-8-13/h2-4,8,14H,5-7,9-11H2,1H3,(H,22,23). The molecule has 0 saturated carbocycles. The van der Waals surface area contributed by atoms with Crippen molar-refractivity contribution in [1.29, 1.82) is 0 Å². The molecule has 1 aliphatic rings. The van der Waals surface area contributed by atoms with Gasteiger partial charge in [0.25, 0.3) is 0 Å². The van der Waals surface area contributed by atoms with Gasteiger partial charge >= 0.3 is 5.97 Å². The second-order valence-electron chi connectivity index (χ2n) is 5.66. The van der Waals surface area contributed by atoms with E-state index in [1.54, 1.807) is 23.4 Å². The van der Waals surface area contributed by atoms with Gasteiger partial charge in [-0.15, -0.1) is 0 Å². The zero-order valence-corrected chi connectivity index (χ0v) is 13.6. The van der Waals surface area contributed by atoms with Gasteiger partial charge in [0.1, 0.15) is 6.54 Å². The molecule has 130 valence electrons. The zero-order chi connectivity index (χ0) is 17.5. The smallest absolute Gasteiger partial charge is 0.323 e. The quantitative estimate of drug-likeness (QED) is 0.772. The van der Waals surface area contributed by atoms with Crippen LogP contribution in [-0.4, -0.2) is 76.6 Å². The van der Waals surface area contributed by atoms with E-state index in [1.807, 2.05) is 6.07 Å². The summed E-state index contributed by atoms with van der Waals surface area (Å²) in [5.74, 6) is -1.45. The number of hydrogen-bond acceptors (Lipinski definition) is 5. The summed E-state index contributed by atoms with van der Waals surface area (Å²) in [5, 5.41) is 8.86. The Morgan fingerprint density at radius 1 is 1.46 bits per heavy atom. The van der Waals surface area contributed by atoms with Crippen LogP contribution in [0.1, 0.15) is 12.5 Å². The van der Waals surface area contributed by atoms with Crippen molar-refractivity contribution in [3.63, 3.8) is 0 Å². The summed E-state index contributed by atoms with van der Waals surface area (Å²) in [6, 6.07) is 3.62. The fraction of sp³-hybridized carbons (Fsp3) is 0.500. The van der Waals surface area contributed by atoms with Crippen molar-refractivity contribution in [2.75, 3.05) is 32.8 Å². The lowest BCUT2D eigenvalue weighted by molar-refractivity contribution is -0.147. The molecule has 1 atom stereocenters. The number of rotatable bonds is 6. The third-order valence-corrected chi connectivity index (χ3v) is 3.77. The van der Waals surface area contributed by atoms with Gasteiger partial charge in [-0.2, -0.15) is 0 Å². The molecule has 0 radical (unpaired) electrons. The first-order chi connectivity index (χ1) is 11.5. The molecule has 1 saturated heterocycles. The highest BCUT2D eigenvalue weighted by molar-refractivity contribution is 5.80. The maximum atomic E-state index is 12.4. The fourth-order valence-electron chi connectivity index (χ4n) is 2.56. The van der Waals surface area contributed by atoms with Crippen LogP contribution in [0.15, 0.2) is 24.5 Å². The monoisotopic (exact) mass is 335 g/mol. The number of aromatic nitrogens is 1. The number of amides is 2. The SMILES string of the molecule is CC(=O)N(CC(=O)O)CC1CN(C(=O)Cc2cccnc2)CCO1. The van der Waals surface area contributed by atoms with Gasteiger partial charge in [-0.3, -0.25) is 19.4 Å². The van der Waals surface area contributed by atoms with E-state index >= 15 is 0 Å². The molecule has 2 rings (SSSR count). The molecule has 2 amide bonds. The molecule has 0 aromatic carbocycles. The number of carboxylic acid groups (broad SMARTS) is 1. The summed E-state index contributed by atoms with van der Waals surface area (Å²) in [6.07, 6.45) is 3.17. The Hall–Kier alpha value is -2.48. The van der Waals surface area contributed by atoms with Gasteiger partial charge in [0.2, 0.25) is 11.8 Å². The lowest BCUT2D eigenvalue weighted by atomic mass is 10.1. The molecule has 1 aromatic heterocycles. The second kappa shape index (κ2) is 8.39. The summed E-state index contributed by atoms with van der Waals surface area (Å²) < 4.78 is 5.58. The molecule has 1 fully saturated rings. The van der Waals surface area contributed by atoms with Crippen LogP contribution < -0.4 is 0 Å². The lowest BCUT2D eigenvalue weighted by Gasteiger charge is -2.35. The maximum absolute atomic E-state index is 12.4. The molecular weight excluding hydrogens is 314 g/mol. The Bertz CT molecular complexity index is 593. The molecule has 8 nitrogen and oxygen atoms in total. The third-order valence-electron chi connectivity index (χ3n) is 3.77. The Balaban J connectivity index is 1.91. The average molecular weight is 335 g/mol. The minimum Gasteiger partial charge on any atom is -0.480 e. The number of hydrogen-bond donors (Lipinski definition) is 1. The Kier molecular flexibility index (Phi) is 6.25. The van der Waals surface area contributed by atoms with Crippen molar-refractivity contribution in [2.45, 2.75) is 19.4 Å². The minimum atomic E-state index is -1.08. The van der Waals surface area contributed by atoms with E-state index in [2.05, 4.69) is 4.98 Å². The number of pyridine rings is 1. The molecular formula is C16H21N3O5. The molecule has 0 bridgehead atoms. The molecule has 0 aliphatic carbocycles. The fourth-order valence-corrected chi connectivity index (χ4v) is 2.56. The first-order valence-electron chi connectivity index (χ1n) is 7.71. The highest BCUT2D eigenvalue weighted by atomic mass is 16.5. The summed E-state index contributed by atoms with van der Waals surface area (Å²) in [5.41, 5.74) is 0.835. The largest absolute Gasteiger partial charge is 0.480 e. The number of ether oxygens (including phenoxy) is 1. The molecule has 8 heteroatoms. The van der Waals surface area contributed by atoms with Crippen LogP contribution >= 0.6 is 0 Å². The second-order valence-corrected chi connectivity index (χ2v) is 5.66. The van der Waals surface area contributed by atoms with Gasteiger partial charge < -0.3 is 19.6 Å². The van der Waals surface area contributed by atoms with Crippen LogP contribution in [0.2, 0.25) is 0 Å². The van der Waals surface area contributed by atoms with E-state index in [-0.39, 0.29) is 37.4 Å². The van der Waals surface area contributed by atoms with Crippen molar-refractivity contribution < 1.29 is 24.2 Å². The van der Waals surface area contributed by atoms with Crippen LogP contribution in [0.4, 0.5) is 0 Å². The van der Waals surface area contributed by atoms with Crippen LogP contribution in [0.3, 0.4) is 0 Å². The number of carbonyl (C=O) groups excluding carboxylic acids is 2. The first-order valence-corrected chi connectivity index (χ1v) is 7.71. The molecule has 1 unspecified atom stereocenters. The molecule has 1 aliphatic heterocycles. The predicted octanol–water partition coefficient (Wildman–Crippen LogP) is -0.215. The number of carboxylic acids is 1. The van der Waals surface area contributed by atoms with Gasteiger partial charge in [0.15, 0.2) is 0 Å². The van der Waals surface area contributed by atoms with Crippen molar-refractivity contribution in [1.82, 2.24) is 14.8 Å². The van der Waals surface area contributed by atoms with E-state index in [0.717, 1.165) is 5.56 Å². The van der Waals surface area contributed by atoms with Gasteiger partial charge in [-0.25, -0.2) is 0 Å². The van der Waals surface area contributed by atoms with E-state index in [0.29, 0.717) is 19.7 Å². The molecule has 1 N–H and O–H groups in total. The summed E-state index contributed by atoms with van der Waals surface area (Å²) in [7, 11) is 0. The minimum absolute atomic E-state index is 0.0380. The van der Waals surface area contributed by atoms with Crippen molar-refractivity contribution >= 4 is 17.8 Å². The summed E-state index contributed by atoms with van der Waals surface area (Å²) >= 11 is 0. The van der Waals surface area contributed by atoms with Crippen LogP contribution in [0.5, 0.6) is 0 Å².